The Balaban J connectivity index is 2.14. The summed E-state index contributed by atoms with van der Waals surface area (Å²) >= 11 is 0. The van der Waals surface area contributed by atoms with Crippen LogP contribution in [-0.4, -0.2) is 36.8 Å². The van der Waals surface area contributed by atoms with Gasteiger partial charge < -0.3 is 15.0 Å². The molecule has 0 spiro atoms. The van der Waals surface area contributed by atoms with Gasteiger partial charge in [0.2, 0.25) is 0 Å². The molecule has 1 aliphatic rings. The van der Waals surface area contributed by atoms with Crippen LogP contribution < -0.4 is 10.2 Å². The first-order chi connectivity index (χ1) is 9.47. The van der Waals surface area contributed by atoms with Crippen LogP contribution in [-0.2, 0) is 11.3 Å². The van der Waals surface area contributed by atoms with Gasteiger partial charge in [0.05, 0.1) is 12.1 Å². The summed E-state index contributed by atoms with van der Waals surface area (Å²) < 4.78 is 5.67. The van der Waals surface area contributed by atoms with E-state index in [9.17, 15) is 0 Å². The Hall–Kier alpha value is -1.13. The number of hydrogen-bond donors (Lipinski definition) is 1. The van der Waals surface area contributed by atoms with E-state index in [1.165, 1.54) is 5.56 Å². The Bertz CT molecular complexity index is 447. The minimum absolute atomic E-state index is 0.277. The molecule has 1 saturated heterocycles. The van der Waals surface area contributed by atoms with Crippen LogP contribution in [0.3, 0.4) is 0 Å². The molecule has 1 N–H and O–H groups in total. The van der Waals surface area contributed by atoms with Gasteiger partial charge in [0, 0.05) is 31.9 Å². The number of aromatic nitrogens is 1. The molecule has 4 heteroatoms. The SMILES string of the molecule is Cc1cc(CNC(C)C)cc(N(C)C2CCOC2C)n1. The molecule has 0 saturated carbocycles. The number of nitrogens with one attached hydrogen (secondary N) is 1. The standard InChI is InChI=1S/C16H27N3O/c1-11(2)17-10-14-8-12(3)18-16(9-14)19(5)15-6-7-20-13(15)4/h8-9,11,13,15,17H,6-7,10H2,1-5H3. The predicted molar refractivity (Wildman–Crippen MR) is 83.2 cm³/mol. The minimum Gasteiger partial charge on any atom is -0.376 e. The van der Waals surface area contributed by atoms with Gasteiger partial charge in [0.25, 0.3) is 0 Å². The summed E-state index contributed by atoms with van der Waals surface area (Å²) in [5.74, 6) is 1.05. The lowest BCUT2D eigenvalue weighted by Gasteiger charge is -2.28. The van der Waals surface area contributed by atoms with E-state index in [1.54, 1.807) is 0 Å². The summed E-state index contributed by atoms with van der Waals surface area (Å²) in [6.07, 6.45) is 1.35. The van der Waals surface area contributed by atoms with E-state index < -0.39 is 0 Å². The van der Waals surface area contributed by atoms with Crippen molar-refractivity contribution in [1.82, 2.24) is 10.3 Å². The predicted octanol–water partition coefficient (Wildman–Crippen LogP) is 2.50. The number of nitrogens with zero attached hydrogens (tertiary/aromatic N) is 2. The van der Waals surface area contributed by atoms with E-state index in [4.69, 9.17) is 4.74 Å². The molecule has 1 aromatic heterocycles. The summed E-state index contributed by atoms with van der Waals surface area (Å²) in [6.45, 7) is 10.3. The van der Waals surface area contributed by atoms with Crippen molar-refractivity contribution in [2.75, 3.05) is 18.6 Å². The lowest BCUT2D eigenvalue weighted by atomic mass is 10.1. The third-order valence-electron chi connectivity index (χ3n) is 3.91. The fourth-order valence-electron chi connectivity index (χ4n) is 2.72. The highest BCUT2D eigenvalue weighted by Crippen LogP contribution is 2.24. The van der Waals surface area contributed by atoms with Crippen molar-refractivity contribution in [1.29, 1.82) is 0 Å². The Morgan fingerprint density at radius 1 is 1.45 bits per heavy atom. The van der Waals surface area contributed by atoms with Crippen LogP contribution in [0.15, 0.2) is 12.1 Å². The highest BCUT2D eigenvalue weighted by molar-refractivity contribution is 5.43. The number of aryl methyl sites for hydroxylation is 1. The Kier molecular flexibility index (Phi) is 5.00. The van der Waals surface area contributed by atoms with Crippen LogP contribution >= 0.6 is 0 Å². The number of ether oxygens (including phenoxy) is 1. The molecular weight excluding hydrogens is 250 g/mol. The van der Waals surface area contributed by atoms with E-state index in [0.29, 0.717) is 12.1 Å². The highest BCUT2D eigenvalue weighted by atomic mass is 16.5. The Morgan fingerprint density at radius 2 is 2.20 bits per heavy atom. The second-order valence-electron chi connectivity index (χ2n) is 6.05. The second-order valence-corrected chi connectivity index (χ2v) is 6.05. The molecule has 0 bridgehead atoms. The molecule has 20 heavy (non-hydrogen) atoms. The van der Waals surface area contributed by atoms with Crippen molar-refractivity contribution in [3.63, 3.8) is 0 Å². The summed E-state index contributed by atoms with van der Waals surface area (Å²) in [4.78, 5) is 6.95. The van der Waals surface area contributed by atoms with Gasteiger partial charge in [-0.1, -0.05) is 13.8 Å². The van der Waals surface area contributed by atoms with Crippen LogP contribution in [0.5, 0.6) is 0 Å². The third kappa shape index (κ3) is 3.70. The van der Waals surface area contributed by atoms with Crippen molar-refractivity contribution in [2.45, 2.75) is 58.8 Å². The number of anilines is 1. The normalized spacial score (nSPS) is 22.5. The van der Waals surface area contributed by atoms with E-state index >= 15 is 0 Å². The zero-order valence-electron chi connectivity index (χ0n) is 13.3. The lowest BCUT2D eigenvalue weighted by Crippen LogP contribution is -2.37. The van der Waals surface area contributed by atoms with Crippen molar-refractivity contribution in [3.05, 3.63) is 23.4 Å². The fraction of sp³-hybridized carbons (Fsp3) is 0.688. The van der Waals surface area contributed by atoms with Gasteiger partial charge in [-0.2, -0.15) is 0 Å². The highest BCUT2D eigenvalue weighted by Gasteiger charge is 2.28. The molecule has 0 aliphatic carbocycles. The molecule has 4 nitrogen and oxygen atoms in total. The van der Waals surface area contributed by atoms with Gasteiger partial charge in [-0.3, -0.25) is 0 Å². The van der Waals surface area contributed by atoms with Crippen molar-refractivity contribution < 1.29 is 4.74 Å². The Labute approximate surface area is 122 Å². The number of likely N-dealkylation sites (N-methyl/N-ethyl adjacent to an activating group) is 1. The maximum atomic E-state index is 5.67. The number of hydrogen-bond acceptors (Lipinski definition) is 4. The van der Waals surface area contributed by atoms with E-state index in [-0.39, 0.29) is 6.10 Å². The summed E-state index contributed by atoms with van der Waals surface area (Å²) in [7, 11) is 2.12. The average molecular weight is 277 g/mol. The largest absolute Gasteiger partial charge is 0.376 e. The average Bonchev–Trinajstić information content (AvgIpc) is 2.81. The minimum atomic E-state index is 0.277. The van der Waals surface area contributed by atoms with Gasteiger partial charge in [0.1, 0.15) is 5.82 Å². The summed E-state index contributed by atoms with van der Waals surface area (Å²) in [5, 5.41) is 3.46. The molecule has 2 unspecified atom stereocenters. The van der Waals surface area contributed by atoms with E-state index in [1.807, 2.05) is 0 Å². The van der Waals surface area contributed by atoms with Gasteiger partial charge in [-0.15, -0.1) is 0 Å². The Morgan fingerprint density at radius 3 is 2.80 bits per heavy atom. The summed E-state index contributed by atoms with van der Waals surface area (Å²) in [5.41, 5.74) is 2.36. The van der Waals surface area contributed by atoms with Gasteiger partial charge >= 0.3 is 0 Å². The fourth-order valence-corrected chi connectivity index (χ4v) is 2.72. The van der Waals surface area contributed by atoms with Gasteiger partial charge in [-0.25, -0.2) is 4.98 Å². The molecule has 0 aromatic carbocycles. The molecule has 112 valence electrons. The van der Waals surface area contributed by atoms with E-state index in [0.717, 1.165) is 31.1 Å². The van der Waals surface area contributed by atoms with Crippen molar-refractivity contribution in [2.24, 2.45) is 0 Å². The van der Waals surface area contributed by atoms with Crippen molar-refractivity contribution >= 4 is 5.82 Å². The van der Waals surface area contributed by atoms with Crippen LogP contribution in [0.4, 0.5) is 5.82 Å². The second kappa shape index (κ2) is 6.55. The zero-order valence-corrected chi connectivity index (χ0v) is 13.3. The molecule has 1 aliphatic heterocycles. The molecule has 2 rings (SSSR count). The molecule has 2 atom stereocenters. The molecule has 2 heterocycles. The molecule has 1 fully saturated rings. The molecule has 0 amide bonds. The topological polar surface area (TPSA) is 37.4 Å². The van der Waals surface area contributed by atoms with Crippen LogP contribution in [0.2, 0.25) is 0 Å². The first-order valence-corrected chi connectivity index (χ1v) is 7.52. The van der Waals surface area contributed by atoms with Crippen LogP contribution in [0.25, 0.3) is 0 Å². The molecule has 0 radical (unpaired) electrons. The molecule has 1 aromatic rings. The van der Waals surface area contributed by atoms with Gasteiger partial charge in [-0.05, 0) is 38.0 Å². The monoisotopic (exact) mass is 277 g/mol. The summed E-state index contributed by atoms with van der Waals surface area (Å²) in [6, 6.07) is 5.26. The maximum absolute atomic E-state index is 5.67. The van der Waals surface area contributed by atoms with Crippen molar-refractivity contribution in [3.8, 4) is 0 Å². The van der Waals surface area contributed by atoms with Crippen LogP contribution in [0.1, 0.15) is 38.4 Å². The van der Waals surface area contributed by atoms with Crippen LogP contribution in [0, 0.1) is 6.92 Å². The number of pyridine rings is 1. The smallest absolute Gasteiger partial charge is 0.129 e. The lowest BCUT2D eigenvalue weighted by molar-refractivity contribution is 0.118. The molecular formula is C16H27N3O. The maximum Gasteiger partial charge on any atom is 0.129 e. The van der Waals surface area contributed by atoms with E-state index in [2.05, 4.69) is 62.1 Å². The first-order valence-electron chi connectivity index (χ1n) is 7.52. The zero-order chi connectivity index (χ0) is 14.7. The van der Waals surface area contributed by atoms with Gasteiger partial charge in [0.15, 0.2) is 0 Å². The quantitative estimate of drug-likeness (QED) is 0.897. The number of rotatable bonds is 5. The first kappa shape index (κ1) is 15.3. The third-order valence-corrected chi connectivity index (χ3v) is 3.91.